The van der Waals surface area contributed by atoms with Crippen LogP contribution in [0.5, 0.6) is 0 Å². The van der Waals surface area contributed by atoms with Crippen LogP contribution in [0.2, 0.25) is 0 Å². The van der Waals surface area contributed by atoms with Crippen molar-refractivity contribution in [1.29, 1.82) is 0 Å². The summed E-state index contributed by atoms with van der Waals surface area (Å²) in [6.45, 7) is 0.407. The Morgan fingerprint density at radius 1 is 1.00 bits per heavy atom. The lowest BCUT2D eigenvalue weighted by atomic mass is 10.1. The van der Waals surface area contributed by atoms with Crippen LogP contribution >= 0.6 is 12.6 Å². The number of amides is 1. The van der Waals surface area contributed by atoms with Crippen LogP contribution in [0, 0.1) is 5.82 Å². The zero-order valence-corrected chi connectivity index (χ0v) is 11.2. The molecule has 0 aliphatic rings. The van der Waals surface area contributed by atoms with E-state index in [1.807, 2.05) is 24.3 Å². The van der Waals surface area contributed by atoms with E-state index in [1.54, 1.807) is 12.1 Å². The molecule has 0 spiro atoms. The molecule has 0 aliphatic carbocycles. The SMILES string of the molecule is O=C(Cc1ccc(S)cc1)NCc1ccc(F)cc1. The van der Waals surface area contributed by atoms with E-state index in [-0.39, 0.29) is 11.7 Å². The van der Waals surface area contributed by atoms with Crippen LogP contribution in [0.3, 0.4) is 0 Å². The van der Waals surface area contributed by atoms with Gasteiger partial charge in [-0.15, -0.1) is 12.6 Å². The quantitative estimate of drug-likeness (QED) is 0.825. The van der Waals surface area contributed by atoms with Gasteiger partial charge in [-0.25, -0.2) is 4.39 Å². The topological polar surface area (TPSA) is 29.1 Å². The molecule has 0 aliphatic heterocycles. The Kier molecular flexibility index (Phi) is 4.58. The van der Waals surface area contributed by atoms with E-state index in [4.69, 9.17) is 0 Å². The molecule has 2 nitrogen and oxygen atoms in total. The van der Waals surface area contributed by atoms with Crippen LogP contribution in [-0.4, -0.2) is 5.91 Å². The molecule has 19 heavy (non-hydrogen) atoms. The molecule has 98 valence electrons. The van der Waals surface area contributed by atoms with Crippen molar-refractivity contribution < 1.29 is 9.18 Å². The Labute approximate surface area is 117 Å². The van der Waals surface area contributed by atoms with Gasteiger partial charge in [0.25, 0.3) is 0 Å². The molecular weight excluding hydrogens is 261 g/mol. The van der Waals surface area contributed by atoms with Gasteiger partial charge in [-0.3, -0.25) is 4.79 Å². The third kappa shape index (κ3) is 4.41. The number of hydrogen-bond donors (Lipinski definition) is 2. The molecule has 0 fully saturated rings. The van der Waals surface area contributed by atoms with Gasteiger partial charge < -0.3 is 5.32 Å². The van der Waals surface area contributed by atoms with Gasteiger partial charge in [0.1, 0.15) is 5.82 Å². The van der Waals surface area contributed by atoms with Crippen LogP contribution in [0.1, 0.15) is 11.1 Å². The van der Waals surface area contributed by atoms with E-state index in [9.17, 15) is 9.18 Å². The van der Waals surface area contributed by atoms with Crippen LogP contribution in [0.4, 0.5) is 4.39 Å². The first-order chi connectivity index (χ1) is 9.13. The zero-order valence-electron chi connectivity index (χ0n) is 10.3. The second-order valence-corrected chi connectivity index (χ2v) is 4.76. The lowest BCUT2D eigenvalue weighted by molar-refractivity contribution is -0.120. The molecule has 0 heterocycles. The minimum atomic E-state index is -0.276. The first kappa shape index (κ1) is 13.6. The summed E-state index contributed by atoms with van der Waals surface area (Å²) in [5.74, 6) is -0.335. The summed E-state index contributed by atoms with van der Waals surface area (Å²) in [5, 5.41) is 2.80. The summed E-state index contributed by atoms with van der Waals surface area (Å²) in [4.78, 5) is 12.6. The highest BCUT2D eigenvalue weighted by Gasteiger charge is 2.03. The number of carbonyl (C=O) groups excluding carboxylic acids is 1. The molecule has 2 aromatic carbocycles. The summed E-state index contributed by atoms with van der Waals surface area (Å²) in [6.07, 6.45) is 0.329. The molecule has 2 aromatic rings. The molecule has 0 saturated heterocycles. The fraction of sp³-hybridized carbons (Fsp3) is 0.133. The highest BCUT2D eigenvalue weighted by atomic mass is 32.1. The predicted molar refractivity (Wildman–Crippen MR) is 75.6 cm³/mol. The Balaban J connectivity index is 1.84. The normalized spacial score (nSPS) is 10.2. The number of nitrogens with one attached hydrogen (secondary N) is 1. The van der Waals surface area contributed by atoms with Crippen molar-refractivity contribution in [2.24, 2.45) is 0 Å². The Morgan fingerprint density at radius 2 is 1.58 bits per heavy atom. The van der Waals surface area contributed by atoms with Gasteiger partial charge >= 0.3 is 0 Å². The van der Waals surface area contributed by atoms with Gasteiger partial charge in [0.05, 0.1) is 6.42 Å². The first-order valence-corrected chi connectivity index (χ1v) is 6.37. The van der Waals surface area contributed by atoms with Crippen molar-refractivity contribution in [3.8, 4) is 0 Å². The summed E-state index contributed by atoms with van der Waals surface area (Å²) in [7, 11) is 0. The van der Waals surface area contributed by atoms with Crippen molar-refractivity contribution in [2.75, 3.05) is 0 Å². The van der Waals surface area contributed by atoms with E-state index in [2.05, 4.69) is 17.9 Å². The van der Waals surface area contributed by atoms with Gasteiger partial charge in [-0.1, -0.05) is 24.3 Å². The largest absolute Gasteiger partial charge is 0.352 e. The molecule has 0 saturated carbocycles. The average Bonchev–Trinajstić information content (AvgIpc) is 2.41. The highest BCUT2D eigenvalue weighted by Crippen LogP contribution is 2.08. The average molecular weight is 275 g/mol. The van der Waals surface area contributed by atoms with E-state index >= 15 is 0 Å². The predicted octanol–water partition coefficient (Wildman–Crippen LogP) is 2.97. The number of thiol groups is 1. The van der Waals surface area contributed by atoms with Gasteiger partial charge in [-0.2, -0.15) is 0 Å². The van der Waals surface area contributed by atoms with Crippen molar-refractivity contribution in [2.45, 2.75) is 17.9 Å². The van der Waals surface area contributed by atoms with Crippen molar-refractivity contribution in [3.05, 3.63) is 65.5 Å². The van der Waals surface area contributed by atoms with Crippen molar-refractivity contribution in [3.63, 3.8) is 0 Å². The monoisotopic (exact) mass is 275 g/mol. The van der Waals surface area contributed by atoms with E-state index in [0.29, 0.717) is 13.0 Å². The second kappa shape index (κ2) is 6.38. The third-order valence-corrected chi connectivity index (χ3v) is 3.00. The van der Waals surface area contributed by atoms with E-state index in [0.717, 1.165) is 16.0 Å². The standard InChI is InChI=1S/C15H14FNOS/c16-13-5-1-12(2-6-13)10-17-15(18)9-11-3-7-14(19)8-4-11/h1-8,19H,9-10H2,(H,17,18). The summed E-state index contributed by atoms with van der Waals surface area (Å²) in [6, 6.07) is 13.5. The number of carbonyl (C=O) groups is 1. The minimum absolute atomic E-state index is 0.0590. The highest BCUT2D eigenvalue weighted by molar-refractivity contribution is 7.80. The van der Waals surface area contributed by atoms with Gasteiger partial charge in [0.2, 0.25) is 5.91 Å². The number of halogens is 1. The molecule has 0 radical (unpaired) electrons. The lowest BCUT2D eigenvalue weighted by Gasteiger charge is -2.05. The Hall–Kier alpha value is -1.81. The molecular formula is C15H14FNOS. The molecule has 0 bridgehead atoms. The lowest BCUT2D eigenvalue weighted by Crippen LogP contribution is -2.24. The minimum Gasteiger partial charge on any atom is -0.352 e. The van der Waals surface area contributed by atoms with Crippen molar-refractivity contribution >= 4 is 18.5 Å². The number of hydrogen-bond acceptors (Lipinski definition) is 2. The van der Waals surface area contributed by atoms with Crippen LogP contribution in [0.15, 0.2) is 53.4 Å². The second-order valence-electron chi connectivity index (χ2n) is 4.25. The third-order valence-electron chi connectivity index (χ3n) is 2.70. The maximum Gasteiger partial charge on any atom is 0.224 e. The molecule has 2 rings (SSSR count). The molecule has 0 atom stereocenters. The van der Waals surface area contributed by atoms with E-state index in [1.165, 1.54) is 12.1 Å². The smallest absolute Gasteiger partial charge is 0.224 e. The molecule has 1 N–H and O–H groups in total. The van der Waals surface area contributed by atoms with Crippen molar-refractivity contribution in [1.82, 2.24) is 5.32 Å². The Bertz CT molecular complexity index is 551. The van der Waals surface area contributed by atoms with Crippen LogP contribution in [0.25, 0.3) is 0 Å². The summed E-state index contributed by atoms with van der Waals surface area (Å²) >= 11 is 4.19. The number of benzene rings is 2. The maximum absolute atomic E-state index is 12.7. The molecule has 0 aromatic heterocycles. The van der Waals surface area contributed by atoms with Gasteiger partial charge in [-0.05, 0) is 35.4 Å². The van der Waals surface area contributed by atoms with E-state index < -0.39 is 0 Å². The molecule has 0 unspecified atom stereocenters. The zero-order chi connectivity index (χ0) is 13.7. The Morgan fingerprint density at radius 3 is 2.21 bits per heavy atom. The van der Waals surface area contributed by atoms with Gasteiger partial charge in [0, 0.05) is 11.4 Å². The van der Waals surface area contributed by atoms with Gasteiger partial charge in [0.15, 0.2) is 0 Å². The molecule has 1 amide bonds. The first-order valence-electron chi connectivity index (χ1n) is 5.92. The maximum atomic E-state index is 12.7. The van der Waals surface area contributed by atoms with Crippen LogP contribution in [-0.2, 0) is 17.8 Å². The molecule has 4 heteroatoms. The summed E-state index contributed by atoms with van der Waals surface area (Å²) in [5.41, 5.74) is 1.81. The number of rotatable bonds is 4. The fourth-order valence-corrected chi connectivity index (χ4v) is 1.81. The fourth-order valence-electron chi connectivity index (χ4n) is 1.66. The van der Waals surface area contributed by atoms with Crippen LogP contribution < -0.4 is 5.32 Å². The summed E-state index contributed by atoms with van der Waals surface area (Å²) < 4.78 is 12.7.